The van der Waals surface area contributed by atoms with Gasteiger partial charge in [-0.1, -0.05) is 34.1 Å². The molecule has 0 amide bonds. The van der Waals surface area contributed by atoms with Crippen molar-refractivity contribution in [1.82, 2.24) is 14.9 Å². The number of rotatable bonds is 4. The van der Waals surface area contributed by atoms with E-state index >= 15 is 0 Å². The van der Waals surface area contributed by atoms with E-state index in [0.29, 0.717) is 0 Å². The molecule has 0 fully saturated rings. The van der Waals surface area contributed by atoms with Gasteiger partial charge in [0.25, 0.3) is 0 Å². The first-order valence-corrected chi connectivity index (χ1v) is 6.43. The Morgan fingerprint density at radius 3 is 2.82 bits per heavy atom. The van der Waals surface area contributed by atoms with Gasteiger partial charge in [0.15, 0.2) is 0 Å². The molecule has 4 heteroatoms. The molecular formula is C13H16BrN3. The van der Waals surface area contributed by atoms with Gasteiger partial charge in [-0.25, -0.2) is 4.98 Å². The smallest absolute Gasteiger partial charge is 0.110 e. The summed E-state index contributed by atoms with van der Waals surface area (Å²) in [6, 6.07) is 8.21. The zero-order chi connectivity index (χ0) is 12.3. The first-order chi connectivity index (χ1) is 8.24. The molecule has 0 unspecified atom stereocenters. The van der Waals surface area contributed by atoms with Crippen molar-refractivity contribution in [1.29, 1.82) is 0 Å². The molecule has 0 spiro atoms. The van der Waals surface area contributed by atoms with Crippen molar-refractivity contribution in [2.24, 2.45) is 7.05 Å². The van der Waals surface area contributed by atoms with Crippen molar-refractivity contribution >= 4 is 15.9 Å². The maximum atomic E-state index is 4.47. The highest BCUT2D eigenvalue weighted by Gasteiger charge is 2.10. The second-order valence-electron chi connectivity index (χ2n) is 3.95. The fraction of sp³-hybridized carbons (Fsp3) is 0.308. The summed E-state index contributed by atoms with van der Waals surface area (Å²) in [5.74, 6) is 1.10. The van der Waals surface area contributed by atoms with Gasteiger partial charge in [-0.2, -0.15) is 0 Å². The Bertz CT molecular complexity index is 505. The monoisotopic (exact) mass is 293 g/mol. The fourth-order valence-electron chi connectivity index (χ4n) is 1.84. The van der Waals surface area contributed by atoms with Crippen molar-refractivity contribution in [3.63, 3.8) is 0 Å². The summed E-state index contributed by atoms with van der Waals surface area (Å²) in [5.41, 5.74) is 2.32. The zero-order valence-corrected chi connectivity index (χ0v) is 11.7. The third-order valence-electron chi connectivity index (χ3n) is 2.83. The average Bonchev–Trinajstić information content (AvgIpc) is 2.69. The second kappa shape index (κ2) is 5.47. The number of nitrogens with one attached hydrogen (secondary N) is 1. The van der Waals surface area contributed by atoms with E-state index in [1.54, 1.807) is 0 Å². The third kappa shape index (κ3) is 2.58. The first-order valence-electron chi connectivity index (χ1n) is 5.64. The highest BCUT2D eigenvalue weighted by molar-refractivity contribution is 9.10. The van der Waals surface area contributed by atoms with Crippen LogP contribution in [0.2, 0.25) is 0 Å². The van der Waals surface area contributed by atoms with Crippen LogP contribution in [0.4, 0.5) is 0 Å². The standard InChI is InChI=1S/C13H16BrN3/c1-15-8-7-13-16-9-12(17(13)2)10-5-3-4-6-11(10)14/h3-6,9,15H,7-8H2,1-2H3. The van der Waals surface area contributed by atoms with Gasteiger partial charge in [0.2, 0.25) is 0 Å². The number of benzene rings is 1. The van der Waals surface area contributed by atoms with Crippen LogP contribution >= 0.6 is 15.9 Å². The van der Waals surface area contributed by atoms with Crippen LogP contribution in [-0.2, 0) is 13.5 Å². The SMILES string of the molecule is CNCCc1ncc(-c2ccccc2Br)n1C. The molecule has 2 aromatic rings. The maximum Gasteiger partial charge on any atom is 0.110 e. The molecule has 0 aliphatic carbocycles. The number of hydrogen-bond donors (Lipinski definition) is 1. The summed E-state index contributed by atoms with van der Waals surface area (Å²) in [5, 5.41) is 3.14. The van der Waals surface area contributed by atoms with E-state index in [4.69, 9.17) is 0 Å². The topological polar surface area (TPSA) is 29.9 Å². The van der Waals surface area contributed by atoms with Crippen LogP contribution in [0.15, 0.2) is 34.9 Å². The molecule has 1 aromatic heterocycles. The molecule has 1 heterocycles. The Hall–Kier alpha value is -1.13. The molecule has 0 saturated heterocycles. The third-order valence-corrected chi connectivity index (χ3v) is 3.52. The highest BCUT2D eigenvalue weighted by atomic mass is 79.9. The summed E-state index contributed by atoms with van der Waals surface area (Å²) in [6.07, 6.45) is 2.88. The lowest BCUT2D eigenvalue weighted by molar-refractivity contribution is 0.720. The molecule has 0 radical (unpaired) electrons. The van der Waals surface area contributed by atoms with Gasteiger partial charge in [0.05, 0.1) is 11.9 Å². The predicted octanol–water partition coefficient (Wildman–Crippen LogP) is 2.61. The summed E-state index contributed by atoms with van der Waals surface area (Å²) in [7, 11) is 4.02. The van der Waals surface area contributed by atoms with Crippen LogP contribution in [-0.4, -0.2) is 23.1 Å². The van der Waals surface area contributed by atoms with Gasteiger partial charge in [-0.05, 0) is 13.1 Å². The number of hydrogen-bond acceptors (Lipinski definition) is 2. The van der Waals surface area contributed by atoms with Crippen LogP contribution in [0.1, 0.15) is 5.82 Å². The van der Waals surface area contributed by atoms with Crippen LogP contribution in [0.25, 0.3) is 11.3 Å². The van der Waals surface area contributed by atoms with Crippen LogP contribution in [0.5, 0.6) is 0 Å². The average molecular weight is 294 g/mol. The Morgan fingerprint density at radius 2 is 2.12 bits per heavy atom. The minimum absolute atomic E-state index is 0.942. The van der Waals surface area contributed by atoms with Crippen molar-refractivity contribution < 1.29 is 0 Å². The molecule has 1 aromatic carbocycles. The molecule has 17 heavy (non-hydrogen) atoms. The number of aromatic nitrogens is 2. The Balaban J connectivity index is 2.34. The zero-order valence-electron chi connectivity index (χ0n) is 10.1. The van der Waals surface area contributed by atoms with Crippen molar-refractivity contribution in [3.8, 4) is 11.3 Å². The summed E-state index contributed by atoms with van der Waals surface area (Å²) < 4.78 is 3.25. The molecule has 0 bridgehead atoms. The number of nitrogens with zero attached hydrogens (tertiary/aromatic N) is 2. The van der Waals surface area contributed by atoms with E-state index in [1.165, 1.54) is 5.56 Å². The fourth-order valence-corrected chi connectivity index (χ4v) is 2.32. The molecule has 0 aliphatic heterocycles. The summed E-state index contributed by atoms with van der Waals surface area (Å²) in [4.78, 5) is 4.47. The van der Waals surface area contributed by atoms with Crippen molar-refractivity contribution in [2.45, 2.75) is 6.42 Å². The summed E-state index contributed by atoms with van der Waals surface area (Å²) in [6.45, 7) is 0.945. The summed E-state index contributed by atoms with van der Waals surface area (Å²) >= 11 is 3.58. The molecule has 0 atom stereocenters. The lowest BCUT2D eigenvalue weighted by Gasteiger charge is -2.07. The second-order valence-corrected chi connectivity index (χ2v) is 4.81. The lowest BCUT2D eigenvalue weighted by Crippen LogP contribution is -2.13. The van der Waals surface area contributed by atoms with Gasteiger partial charge < -0.3 is 9.88 Å². The minimum atomic E-state index is 0.942. The Kier molecular flexibility index (Phi) is 3.97. The Morgan fingerprint density at radius 1 is 1.35 bits per heavy atom. The van der Waals surface area contributed by atoms with E-state index in [-0.39, 0.29) is 0 Å². The minimum Gasteiger partial charge on any atom is -0.331 e. The van der Waals surface area contributed by atoms with E-state index < -0.39 is 0 Å². The normalized spacial score (nSPS) is 10.8. The molecule has 90 valence electrons. The molecular weight excluding hydrogens is 278 g/mol. The van der Waals surface area contributed by atoms with Crippen LogP contribution in [0, 0.1) is 0 Å². The van der Waals surface area contributed by atoms with Crippen LogP contribution in [0.3, 0.4) is 0 Å². The van der Waals surface area contributed by atoms with Gasteiger partial charge >= 0.3 is 0 Å². The molecule has 1 N–H and O–H groups in total. The lowest BCUT2D eigenvalue weighted by atomic mass is 10.2. The van der Waals surface area contributed by atoms with Crippen molar-refractivity contribution in [2.75, 3.05) is 13.6 Å². The molecule has 0 aliphatic rings. The van der Waals surface area contributed by atoms with E-state index in [1.807, 2.05) is 25.4 Å². The predicted molar refractivity (Wildman–Crippen MR) is 74.0 cm³/mol. The van der Waals surface area contributed by atoms with Gasteiger partial charge in [-0.15, -0.1) is 0 Å². The van der Waals surface area contributed by atoms with Gasteiger partial charge in [-0.3, -0.25) is 0 Å². The quantitative estimate of drug-likeness (QED) is 0.939. The molecule has 0 saturated carbocycles. The van der Waals surface area contributed by atoms with E-state index in [2.05, 4.69) is 50.0 Å². The van der Waals surface area contributed by atoms with E-state index in [0.717, 1.165) is 29.0 Å². The van der Waals surface area contributed by atoms with Crippen molar-refractivity contribution in [3.05, 3.63) is 40.8 Å². The molecule has 2 rings (SSSR count). The highest BCUT2D eigenvalue weighted by Crippen LogP contribution is 2.27. The van der Waals surface area contributed by atoms with Gasteiger partial charge in [0, 0.05) is 30.0 Å². The first kappa shape index (κ1) is 12.3. The van der Waals surface area contributed by atoms with E-state index in [9.17, 15) is 0 Å². The van der Waals surface area contributed by atoms with Gasteiger partial charge in [0.1, 0.15) is 5.82 Å². The Labute approximate surface area is 110 Å². The van der Waals surface area contributed by atoms with Crippen LogP contribution < -0.4 is 5.32 Å². The molecule has 3 nitrogen and oxygen atoms in total. The number of likely N-dealkylation sites (N-methyl/N-ethyl adjacent to an activating group) is 1. The number of halogens is 1. The largest absolute Gasteiger partial charge is 0.331 e. The maximum absolute atomic E-state index is 4.47. The number of imidazole rings is 1.